The van der Waals surface area contributed by atoms with Gasteiger partial charge >= 0.3 is 5.97 Å². The molecule has 0 bridgehead atoms. The Kier molecular flexibility index (Phi) is 5.20. The predicted molar refractivity (Wildman–Crippen MR) is 108 cm³/mol. The maximum absolute atomic E-state index is 12.4. The number of anilines is 2. The molecule has 0 spiro atoms. The number of aryl methyl sites for hydroxylation is 2. The number of thiazole rings is 1. The van der Waals surface area contributed by atoms with Crippen molar-refractivity contribution in [3.63, 3.8) is 0 Å². The molecule has 0 saturated heterocycles. The van der Waals surface area contributed by atoms with Crippen LogP contribution in [0.3, 0.4) is 0 Å². The van der Waals surface area contributed by atoms with E-state index in [1.54, 1.807) is 24.7 Å². The lowest BCUT2D eigenvalue weighted by atomic mass is 10.3. The third-order valence-electron chi connectivity index (χ3n) is 4.07. The average Bonchev–Trinajstić information content (AvgIpc) is 3.23. The Bertz CT molecular complexity index is 986. The molecule has 1 N–H and O–H groups in total. The predicted octanol–water partition coefficient (Wildman–Crippen LogP) is 2.96. The number of fused-ring (bicyclic) bond motifs is 1. The molecule has 27 heavy (non-hydrogen) atoms. The zero-order valence-corrected chi connectivity index (χ0v) is 17.6. The number of hydrogen-bond acceptors (Lipinski definition) is 8. The summed E-state index contributed by atoms with van der Waals surface area (Å²) in [5, 5.41) is 7.92. The largest absolute Gasteiger partial charge is 0.448 e. The minimum atomic E-state index is -0.929. The number of esters is 1. The summed E-state index contributed by atoms with van der Waals surface area (Å²) in [6.07, 6.45) is -0.929. The minimum absolute atomic E-state index is 0.395. The smallest absolute Gasteiger partial charge is 0.349 e. The van der Waals surface area contributed by atoms with Crippen molar-refractivity contribution in [3.8, 4) is 0 Å². The molecule has 10 heteroatoms. The Morgan fingerprint density at radius 1 is 1.30 bits per heavy atom. The lowest BCUT2D eigenvalue weighted by Gasteiger charge is -2.13. The van der Waals surface area contributed by atoms with Crippen LogP contribution < -0.4 is 10.2 Å². The fraction of sp³-hybridized carbons (Fsp3) is 0.412. The van der Waals surface area contributed by atoms with Crippen LogP contribution in [0.4, 0.5) is 10.8 Å². The van der Waals surface area contributed by atoms with Gasteiger partial charge in [-0.2, -0.15) is 5.10 Å². The Hall–Kier alpha value is -2.46. The van der Waals surface area contributed by atoms with E-state index in [-0.39, 0.29) is 0 Å². The molecule has 0 aromatic carbocycles. The van der Waals surface area contributed by atoms with Crippen LogP contribution in [0.15, 0.2) is 6.07 Å². The maximum atomic E-state index is 12.4. The number of carbonyl (C=O) groups is 2. The molecule has 144 valence electrons. The van der Waals surface area contributed by atoms with Crippen molar-refractivity contribution in [2.24, 2.45) is 7.05 Å². The number of nitrogens with one attached hydrogen (secondary N) is 1. The first-order chi connectivity index (χ1) is 12.7. The molecule has 0 aliphatic carbocycles. The van der Waals surface area contributed by atoms with Crippen molar-refractivity contribution < 1.29 is 14.3 Å². The summed E-state index contributed by atoms with van der Waals surface area (Å²) in [7, 11) is 5.65. The zero-order chi connectivity index (χ0) is 19.9. The van der Waals surface area contributed by atoms with Gasteiger partial charge in [0.2, 0.25) is 0 Å². The highest BCUT2D eigenvalue weighted by atomic mass is 32.1. The van der Waals surface area contributed by atoms with Crippen LogP contribution in [0.25, 0.3) is 9.53 Å². The summed E-state index contributed by atoms with van der Waals surface area (Å²) in [5.74, 6) is -0.923. The molecule has 1 atom stereocenters. The van der Waals surface area contributed by atoms with Gasteiger partial charge in [0.25, 0.3) is 5.91 Å². The molecule has 3 heterocycles. The maximum Gasteiger partial charge on any atom is 0.349 e. The minimum Gasteiger partial charge on any atom is -0.448 e. The molecule has 0 aliphatic rings. The van der Waals surface area contributed by atoms with E-state index in [4.69, 9.17) is 4.74 Å². The molecule has 3 aromatic rings. The van der Waals surface area contributed by atoms with Crippen molar-refractivity contribution in [2.45, 2.75) is 26.9 Å². The third-order valence-corrected chi connectivity index (χ3v) is 6.38. The van der Waals surface area contributed by atoms with E-state index in [9.17, 15) is 9.59 Å². The van der Waals surface area contributed by atoms with E-state index < -0.39 is 18.0 Å². The first-order valence-corrected chi connectivity index (χ1v) is 9.90. The van der Waals surface area contributed by atoms with Gasteiger partial charge in [0.1, 0.15) is 9.71 Å². The number of nitrogens with zero attached hydrogens (tertiary/aromatic N) is 4. The molecular weight excluding hydrogens is 386 g/mol. The number of aromatic nitrogens is 3. The van der Waals surface area contributed by atoms with Gasteiger partial charge in [-0.25, -0.2) is 9.78 Å². The van der Waals surface area contributed by atoms with Crippen LogP contribution >= 0.6 is 22.7 Å². The van der Waals surface area contributed by atoms with E-state index in [0.29, 0.717) is 16.3 Å². The van der Waals surface area contributed by atoms with Crippen molar-refractivity contribution in [3.05, 3.63) is 22.3 Å². The first kappa shape index (κ1) is 19.3. The molecule has 3 rings (SSSR count). The van der Waals surface area contributed by atoms with Gasteiger partial charge in [-0.3, -0.25) is 9.48 Å². The van der Waals surface area contributed by atoms with Gasteiger partial charge in [0, 0.05) is 21.1 Å². The molecule has 0 radical (unpaired) electrons. The zero-order valence-electron chi connectivity index (χ0n) is 16.0. The average molecular weight is 408 g/mol. The van der Waals surface area contributed by atoms with Gasteiger partial charge in [0.05, 0.1) is 21.8 Å². The van der Waals surface area contributed by atoms with Crippen molar-refractivity contribution >= 4 is 54.9 Å². The second kappa shape index (κ2) is 7.28. The van der Waals surface area contributed by atoms with E-state index in [0.717, 1.165) is 20.4 Å². The van der Waals surface area contributed by atoms with Crippen molar-refractivity contribution in [1.82, 2.24) is 14.8 Å². The van der Waals surface area contributed by atoms with E-state index in [1.165, 1.54) is 22.7 Å². The highest BCUT2D eigenvalue weighted by Gasteiger charge is 2.23. The van der Waals surface area contributed by atoms with Crippen LogP contribution in [-0.2, 0) is 16.6 Å². The summed E-state index contributed by atoms with van der Waals surface area (Å²) in [4.78, 5) is 32.4. The number of thiophene rings is 1. The Morgan fingerprint density at radius 3 is 2.56 bits per heavy atom. The summed E-state index contributed by atoms with van der Waals surface area (Å²) in [6, 6.07) is 1.76. The number of ether oxygens (including phenoxy) is 1. The summed E-state index contributed by atoms with van der Waals surface area (Å²) in [6.45, 7) is 5.22. The van der Waals surface area contributed by atoms with Gasteiger partial charge in [0.15, 0.2) is 11.2 Å². The van der Waals surface area contributed by atoms with Crippen LogP contribution in [0.1, 0.15) is 28.0 Å². The van der Waals surface area contributed by atoms with E-state index in [2.05, 4.69) is 15.4 Å². The van der Waals surface area contributed by atoms with Gasteiger partial charge in [-0.05, 0) is 26.8 Å². The van der Waals surface area contributed by atoms with E-state index in [1.807, 2.05) is 32.8 Å². The monoisotopic (exact) mass is 407 g/mol. The first-order valence-electron chi connectivity index (χ1n) is 8.27. The van der Waals surface area contributed by atoms with Gasteiger partial charge < -0.3 is 15.0 Å². The molecule has 0 saturated carbocycles. The lowest BCUT2D eigenvalue weighted by Crippen LogP contribution is -2.30. The van der Waals surface area contributed by atoms with Crippen molar-refractivity contribution in [1.29, 1.82) is 0 Å². The molecular formula is C17H21N5O3S2. The lowest BCUT2D eigenvalue weighted by molar-refractivity contribution is -0.123. The molecule has 0 aliphatic heterocycles. The Morgan fingerprint density at radius 2 is 2.00 bits per heavy atom. The second-order valence-electron chi connectivity index (χ2n) is 6.38. The van der Waals surface area contributed by atoms with E-state index >= 15 is 0 Å². The summed E-state index contributed by atoms with van der Waals surface area (Å²) in [5.41, 5.74) is 2.19. The van der Waals surface area contributed by atoms with Crippen LogP contribution in [0.2, 0.25) is 0 Å². The highest BCUT2D eigenvalue weighted by molar-refractivity contribution is 7.29. The Balaban J connectivity index is 1.67. The highest BCUT2D eigenvalue weighted by Crippen LogP contribution is 2.34. The Labute approximate surface area is 164 Å². The summed E-state index contributed by atoms with van der Waals surface area (Å²) >= 11 is 2.77. The van der Waals surface area contributed by atoms with Crippen molar-refractivity contribution in [2.75, 3.05) is 24.3 Å². The molecule has 8 nitrogen and oxygen atoms in total. The normalized spacial score (nSPS) is 12.2. The number of amides is 1. The number of carbonyl (C=O) groups excluding carboxylic acids is 2. The van der Waals surface area contributed by atoms with Crippen LogP contribution in [0, 0.1) is 13.8 Å². The van der Waals surface area contributed by atoms with Crippen LogP contribution in [0.5, 0.6) is 0 Å². The number of hydrogen-bond donors (Lipinski definition) is 1. The molecule has 0 fully saturated rings. The molecule has 1 unspecified atom stereocenters. The third kappa shape index (κ3) is 3.81. The van der Waals surface area contributed by atoms with Gasteiger partial charge in [-0.15, -0.1) is 11.3 Å². The fourth-order valence-electron chi connectivity index (χ4n) is 2.47. The molecule has 1 amide bonds. The topological polar surface area (TPSA) is 89.3 Å². The quantitative estimate of drug-likeness (QED) is 0.654. The number of rotatable bonds is 5. The standard InChI is InChI=1S/C17H21N5O3S2/c1-8-13(9(2)22(6)20-8)18-14(23)10(3)25-16(24)12-7-11-15(26-12)19-17(27-11)21(4)5/h7,10H,1-6H3,(H,18,23). The molecule has 3 aromatic heterocycles. The summed E-state index contributed by atoms with van der Waals surface area (Å²) < 4.78 is 7.95. The second-order valence-corrected chi connectivity index (χ2v) is 8.42. The van der Waals surface area contributed by atoms with Crippen LogP contribution in [-0.4, -0.2) is 46.8 Å². The SMILES string of the molecule is Cc1nn(C)c(C)c1NC(=O)C(C)OC(=O)c1cc2sc(N(C)C)nc2s1. The van der Waals surface area contributed by atoms with Gasteiger partial charge in [-0.1, -0.05) is 11.3 Å². The fourth-order valence-corrected chi connectivity index (χ4v) is 4.48.